The fourth-order valence-electron chi connectivity index (χ4n) is 2.25. The Morgan fingerprint density at radius 1 is 1.20 bits per heavy atom. The van der Waals surface area contributed by atoms with Crippen molar-refractivity contribution in [3.63, 3.8) is 0 Å². The van der Waals surface area contributed by atoms with Crippen molar-refractivity contribution < 1.29 is 9.53 Å². The normalized spacial score (nSPS) is 16.8. The molecule has 1 saturated heterocycles. The van der Waals surface area contributed by atoms with E-state index in [2.05, 4.69) is 10.3 Å². The SMILES string of the molecule is Cc1ccc(C)c(Oc2ccc(/C=C3/SC(=NC#N)NC3=O)cc2)c1. The van der Waals surface area contributed by atoms with E-state index in [0.29, 0.717) is 10.1 Å². The second kappa shape index (κ2) is 7.24. The van der Waals surface area contributed by atoms with Gasteiger partial charge < -0.3 is 4.74 Å². The number of carbonyl (C=O) groups excluding carboxylic acids is 1. The molecule has 1 aliphatic heterocycles. The van der Waals surface area contributed by atoms with Crippen LogP contribution < -0.4 is 10.1 Å². The molecule has 0 spiro atoms. The molecule has 0 unspecified atom stereocenters. The van der Waals surface area contributed by atoms with Crippen LogP contribution in [0.5, 0.6) is 11.5 Å². The van der Waals surface area contributed by atoms with Crippen LogP contribution in [0.3, 0.4) is 0 Å². The molecule has 5 nitrogen and oxygen atoms in total. The molecule has 0 radical (unpaired) electrons. The average molecular weight is 349 g/mol. The Labute approximate surface area is 150 Å². The maximum absolute atomic E-state index is 11.8. The minimum atomic E-state index is -0.255. The Balaban J connectivity index is 1.76. The van der Waals surface area contributed by atoms with Crippen molar-refractivity contribution in [2.45, 2.75) is 13.8 Å². The van der Waals surface area contributed by atoms with E-state index >= 15 is 0 Å². The van der Waals surface area contributed by atoms with E-state index in [1.807, 2.05) is 56.3 Å². The molecule has 0 bridgehead atoms. The van der Waals surface area contributed by atoms with E-state index < -0.39 is 0 Å². The Morgan fingerprint density at radius 3 is 2.68 bits per heavy atom. The summed E-state index contributed by atoms with van der Waals surface area (Å²) < 4.78 is 5.92. The predicted octanol–water partition coefficient (Wildman–Crippen LogP) is 4.14. The van der Waals surface area contributed by atoms with Crippen molar-refractivity contribution in [3.8, 4) is 17.7 Å². The molecular formula is C19H15N3O2S. The van der Waals surface area contributed by atoms with Crippen LogP contribution in [-0.4, -0.2) is 11.1 Å². The standard InChI is InChI=1S/C19H15N3O2S/c1-12-3-4-13(2)16(9-12)24-15-7-5-14(6-8-15)10-17-18(23)22-19(25-17)21-11-20/h3-10H,1-2H3,(H,21,22,23)/b17-10+. The average Bonchev–Trinajstić information content (AvgIpc) is 2.92. The van der Waals surface area contributed by atoms with Gasteiger partial charge in [0.2, 0.25) is 6.19 Å². The third-order valence-corrected chi connectivity index (χ3v) is 4.46. The van der Waals surface area contributed by atoms with Gasteiger partial charge in [0.15, 0.2) is 5.17 Å². The molecule has 2 aromatic rings. The third-order valence-electron chi connectivity index (χ3n) is 3.55. The van der Waals surface area contributed by atoms with Crippen LogP contribution in [0.4, 0.5) is 0 Å². The lowest BCUT2D eigenvalue weighted by molar-refractivity contribution is -0.115. The lowest BCUT2D eigenvalue weighted by atomic mass is 10.1. The summed E-state index contributed by atoms with van der Waals surface area (Å²) in [6, 6.07) is 13.5. The Bertz CT molecular complexity index is 925. The molecule has 1 fully saturated rings. The van der Waals surface area contributed by atoms with Crippen molar-refractivity contribution in [2.75, 3.05) is 0 Å². The highest BCUT2D eigenvalue weighted by molar-refractivity contribution is 8.18. The number of hydrogen-bond acceptors (Lipinski definition) is 5. The number of thioether (sulfide) groups is 1. The number of aryl methyl sites for hydroxylation is 2. The number of amides is 1. The summed E-state index contributed by atoms with van der Waals surface area (Å²) in [5.41, 5.74) is 3.07. The molecule has 25 heavy (non-hydrogen) atoms. The van der Waals surface area contributed by atoms with Gasteiger partial charge in [0, 0.05) is 0 Å². The molecule has 0 aliphatic carbocycles. The van der Waals surface area contributed by atoms with Crippen molar-refractivity contribution in [1.29, 1.82) is 5.26 Å². The number of nitrogens with zero attached hydrogens (tertiary/aromatic N) is 2. The number of benzene rings is 2. The molecule has 0 aromatic heterocycles. The zero-order chi connectivity index (χ0) is 17.8. The van der Waals surface area contributed by atoms with Crippen LogP contribution in [0.25, 0.3) is 6.08 Å². The van der Waals surface area contributed by atoms with Gasteiger partial charge in [-0.2, -0.15) is 5.26 Å². The van der Waals surface area contributed by atoms with E-state index in [-0.39, 0.29) is 5.91 Å². The molecule has 1 N–H and O–H groups in total. The van der Waals surface area contributed by atoms with Gasteiger partial charge >= 0.3 is 0 Å². The summed E-state index contributed by atoms with van der Waals surface area (Å²) in [4.78, 5) is 15.9. The third kappa shape index (κ3) is 4.08. The topological polar surface area (TPSA) is 74.5 Å². The first kappa shape index (κ1) is 16.8. The van der Waals surface area contributed by atoms with Crippen LogP contribution in [0.1, 0.15) is 16.7 Å². The first-order valence-electron chi connectivity index (χ1n) is 7.58. The summed E-state index contributed by atoms with van der Waals surface area (Å²) in [5, 5.41) is 11.4. The summed E-state index contributed by atoms with van der Waals surface area (Å²) >= 11 is 1.15. The van der Waals surface area contributed by atoms with Gasteiger partial charge in [-0.05, 0) is 66.6 Å². The van der Waals surface area contributed by atoms with Gasteiger partial charge in [-0.1, -0.05) is 24.3 Å². The smallest absolute Gasteiger partial charge is 0.264 e. The lowest BCUT2D eigenvalue weighted by Crippen LogP contribution is -2.19. The number of nitriles is 1. The van der Waals surface area contributed by atoms with E-state index in [0.717, 1.165) is 40.0 Å². The Morgan fingerprint density at radius 2 is 1.96 bits per heavy atom. The fraction of sp³-hybridized carbons (Fsp3) is 0.105. The quantitative estimate of drug-likeness (QED) is 0.668. The predicted molar refractivity (Wildman–Crippen MR) is 99.2 cm³/mol. The monoisotopic (exact) mass is 349 g/mol. The van der Waals surface area contributed by atoms with Crippen molar-refractivity contribution in [1.82, 2.24) is 5.32 Å². The van der Waals surface area contributed by atoms with Gasteiger partial charge in [0.25, 0.3) is 5.91 Å². The Hall–Kier alpha value is -3.04. The van der Waals surface area contributed by atoms with Crippen molar-refractivity contribution >= 4 is 28.9 Å². The van der Waals surface area contributed by atoms with E-state index in [1.54, 1.807) is 12.3 Å². The molecule has 124 valence electrons. The highest BCUT2D eigenvalue weighted by Gasteiger charge is 2.23. The van der Waals surface area contributed by atoms with E-state index in [1.165, 1.54) is 0 Å². The van der Waals surface area contributed by atoms with Crippen molar-refractivity contribution in [3.05, 3.63) is 64.1 Å². The van der Waals surface area contributed by atoms with Crippen LogP contribution in [0.15, 0.2) is 52.4 Å². The first-order valence-corrected chi connectivity index (χ1v) is 8.39. The highest BCUT2D eigenvalue weighted by atomic mass is 32.2. The minimum absolute atomic E-state index is 0.255. The maximum Gasteiger partial charge on any atom is 0.264 e. The first-order chi connectivity index (χ1) is 12.0. The zero-order valence-electron chi connectivity index (χ0n) is 13.7. The number of rotatable bonds is 3. The van der Waals surface area contributed by atoms with Gasteiger partial charge in [-0.15, -0.1) is 4.99 Å². The fourth-order valence-corrected chi connectivity index (χ4v) is 3.03. The molecule has 1 aliphatic rings. The lowest BCUT2D eigenvalue weighted by Gasteiger charge is -2.09. The molecule has 0 atom stereocenters. The van der Waals surface area contributed by atoms with Crippen LogP contribution in [0, 0.1) is 25.3 Å². The highest BCUT2D eigenvalue weighted by Crippen LogP contribution is 2.28. The Kier molecular flexibility index (Phi) is 4.87. The number of nitrogens with one attached hydrogen (secondary N) is 1. The summed E-state index contributed by atoms with van der Waals surface area (Å²) in [6.07, 6.45) is 3.41. The molecule has 2 aromatic carbocycles. The van der Waals surface area contributed by atoms with Gasteiger partial charge in [0.1, 0.15) is 11.5 Å². The minimum Gasteiger partial charge on any atom is -0.457 e. The van der Waals surface area contributed by atoms with E-state index in [4.69, 9.17) is 10.00 Å². The molecule has 6 heteroatoms. The van der Waals surface area contributed by atoms with Gasteiger partial charge in [-0.3, -0.25) is 10.1 Å². The van der Waals surface area contributed by atoms with Gasteiger partial charge in [0.05, 0.1) is 4.91 Å². The molecular weight excluding hydrogens is 334 g/mol. The van der Waals surface area contributed by atoms with Gasteiger partial charge in [-0.25, -0.2) is 0 Å². The summed E-state index contributed by atoms with van der Waals surface area (Å²) in [6.45, 7) is 4.03. The molecule has 3 rings (SSSR count). The van der Waals surface area contributed by atoms with Crippen molar-refractivity contribution in [2.24, 2.45) is 4.99 Å². The molecule has 1 heterocycles. The van der Waals surface area contributed by atoms with E-state index in [9.17, 15) is 4.79 Å². The second-order valence-electron chi connectivity index (χ2n) is 5.52. The van der Waals surface area contributed by atoms with Crippen LogP contribution in [-0.2, 0) is 4.79 Å². The zero-order valence-corrected chi connectivity index (χ0v) is 14.6. The maximum atomic E-state index is 11.8. The number of hydrogen-bond donors (Lipinski definition) is 1. The molecule has 0 saturated carbocycles. The number of ether oxygens (including phenoxy) is 1. The van der Waals surface area contributed by atoms with Crippen LogP contribution >= 0.6 is 11.8 Å². The van der Waals surface area contributed by atoms with Crippen LogP contribution in [0.2, 0.25) is 0 Å². The molecule has 1 amide bonds. The second-order valence-corrected chi connectivity index (χ2v) is 6.55. The number of carbonyl (C=O) groups is 1. The summed E-state index contributed by atoms with van der Waals surface area (Å²) in [5.74, 6) is 1.30. The number of amidine groups is 1. The summed E-state index contributed by atoms with van der Waals surface area (Å²) in [7, 11) is 0. The number of aliphatic imine (C=N–C) groups is 1. The largest absolute Gasteiger partial charge is 0.457 e.